The zero-order valence-corrected chi connectivity index (χ0v) is 10.9. The monoisotopic (exact) mass is 259 g/mol. The van der Waals surface area contributed by atoms with Crippen LogP contribution in [-0.2, 0) is 24.4 Å². The van der Waals surface area contributed by atoms with E-state index in [1.54, 1.807) is 10.9 Å². The van der Waals surface area contributed by atoms with Gasteiger partial charge in [-0.2, -0.15) is 5.10 Å². The minimum Gasteiger partial charge on any atom is -0.335 e. The third-order valence-corrected chi connectivity index (χ3v) is 3.52. The second-order valence-corrected chi connectivity index (χ2v) is 4.97. The Balaban J connectivity index is 1.65. The van der Waals surface area contributed by atoms with E-state index in [0.717, 1.165) is 18.8 Å². The van der Waals surface area contributed by atoms with Crippen LogP contribution in [0, 0.1) is 5.92 Å². The molecule has 1 atom stereocenters. The van der Waals surface area contributed by atoms with Crippen LogP contribution in [0.5, 0.6) is 0 Å². The molecule has 100 valence electrons. The first-order valence-electron chi connectivity index (χ1n) is 6.49. The normalized spacial score (nSPS) is 16.2. The van der Waals surface area contributed by atoms with Gasteiger partial charge in [0.15, 0.2) is 0 Å². The van der Waals surface area contributed by atoms with Crippen molar-refractivity contribution in [3.63, 3.8) is 0 Å². The molecule has 0 fully saturated rings. The summed E-state index contributed by atoms with van der Waals surface area (Å²) in [6, 6.07) is 1.87. The van der Waals surface area contributed by atoms with Crippen LogP contribution in [-0.4, -0.2) is 36.7 Å². The summed E-state index contributed by atoms with van der Waals surface area (Å²) in [4.78, 5) is 18.4. The number of amides is 1. The Labute approximate surface area is 111 Å². The van der Waals surface area contributed by atoms with Crippen molar-refractivity contribution in [1.82, 2.24) is 24.2 Å². The smallest absolute Gasteiger partial charge is 0.227 e. The largest absolute Gasteiger partial charge is 0.335 e. The maximum atomic E-state index is 12.4. The zero-order chi connectivity index (χ0) is 13.2. The van der Waals surface area contributed by atoms with Gasteiger partial charge in [-0.15, -0.1) is 0 Å². The maximum absolute atomic E-state index is 12.4. The summed E-state index contributed by atoms with van der Waals surface area (Å²) in [6.45, 7) is 4.82. The average Bonchev–Trinajstić information content (AvgIpc) is 3.07. The third kappa shape index (κ3) is 2.38. The van der Waals surface area contributed by atoms with Gasteiger partial charge in [-0.1, -0.05) is 6.92 Å². The lowest BCUT2D eigenvalue weighted by Crippen LogP contribution is -2.41. The first kappa shape index (κ1) is 12.0. The molecular weight excluding hydrogens is 242 g/mol. The van der Waals surface area contributed by atoms with Crippen LogP contribution >= 0.6 is 0 Å². The van der Waals surface area contributed by atoms with Crippen molar-refractivity contribution in [1.29, 1.82) is 0 Å². The molecule has 6 heteroatoms. The first-order valence-corrected chi connectivity index (χ1v) is 6.49. The predicted molar refractivity (Wildman–Crippen MR) is 69.0 cm³/mol. The van der Waals surface area contributed by atoms with Gasteiger partial charge < -0.3 is 9.47 Å². The summed E-state index contributed by atoms with van der Waals surface area (Å²) in [7, 11) is 0. The van der Waals surface area contributed by atoms with Gasteiger partial charge >= 0.3 is 0 Å². The number of rotatable bonds is 3. The van der Waals surface area contributed by atoms with Crippen LogP contribution in [0.25, 0.3) is 0 Å². The fourth-order valence-corrected chi connectivity index (χ4v) is 2.45. The summed E-state index contributed by atoms with van der Waals surface area (Å²) in [5, 5.41) is 4.14. The number of nitrogens with zero attached hydrogens (tertiary/aromatic N) is 5. The number of hydrogen-bond acceptors (Lipinski definition) is 3. The van der Waals surface area contributed by atoms with E-state index in [4.69, 9.17) is 0 Å². The summed E-state index contributed by atoms with van der Waals surface area (Å²) in [6.07, 6.45) is 7.27. The highest BCUT2D eigenvalue weighted by Gasteiger charge is 2.24. The molecule has 0 bridgehead atoms. The van der Waals surface area contributed by atoms with E-state index in [1.165, 1.54) is 0 Å². The number of carbonyl (C=O) groups excluding carboxylic acids is 1. The molecule has 1 aliphatic heterocycles. The van der Waals surface area contributed by atoms with E-state index in [1.807, 2.05) is 36.6 Å². The highest BCUT2D eigenvalue weighted by atomic mass is 16.2. The van der Waals surface area contributed by atoms with Crippen LogP contribution in [0.1, 0.15) is 12.6 Å². The summed E-state index contributed by atoms with van der Waals surface area (Å²) in [5.74, 6) is 0.123. The van der Waals surface area contributed by atoms with Gasteiger partial charge in [-0.05, 0) is 6.07 Å². The Morgan fingerprint density at radius 3 is 3.16 bits per heavy atom. The molecule has 0 spiro atoms. The molecular formula is C13H17N5O. The molecule has 0 N–H and O–H groups in total. The van der Waals surface area contributed by atoms with Gasteiger partial charge in [-0.3, -0.25) is 9.48 Å². The van der Waals surface area contributed by atoms with Gasteiger partial charge in [0.05, 0.1) is 31.0 Å². The minimum absolute atomic E-state index is 0.0608. The Bertz CT molecular complexity index is 559. The lowest BCUT2D eigenvalue weighted by molar-refractivity contribution is -0.137. The number of fused-ring (bicyclic) bond motifs is 1. The first-order chi connectivity index (χ1) is 9.24. The summed E-state index contributed by atoms with van der Waals surface area (Å²) >= 11 is 0. The molecule has 3 rings (SSSR count). The molecule has 0 radical (unpaired) electrons. The third-order valence-electron chi connectivity index (χ3n) is 3.52. The van der Waals surface area contributed by atoms with Gasteiger partial charge in [0, 0.05) is 31.7 Å². The Kier molecular flexibility index (Phi) is 3.06. The van der Waals surface area contributed by atoms with Gasteiger partial charge in [-0.25, -0.2) is 4.98 Å². The van der Waals surface area contributed by atoms with Crippen LogP contribution in [0.4, 0.5) is 0 Å². The quantitative estimate of drug-likeness (QED) is 0.817. The van der Waals surface area contributed by atoms with E-state index < -0.39 is 0 Å². The van der Waals surface area contributed by atoms with E-state index >= 15 is 0 Å². The zero-order valence-electron chi connectivity index (χ0n) is 10.9. The molecule has 19 heavy (non-hydrogen) atoms. The molecule has 3 heterocycles. The molecule has 0 saturated heterocycles. The van der Waals surface area contributed by atoms with E-state index in [0.29, 0.717) is 13.1 Å². The van der Waals surface area contributed by atoms with E-state index in [-0.39, 0.29) is 11.8 Å². The van der Waals surface area contributed by atoms with Crippen molar-refractivity contribution in [2.75, 3.05) is 6.54 Å². The molecule has 6 nitrogen and oxygen atoms in total. The van der Waals surface area contributed by atoms with Crippen molar-refractivity contribution in [2.24, 2.45) is 5.92 Å². The van der Waals surface area contributed by atoms with Crippen molar-refractivity contribution in [2.45, 2.75) is 26.6 Å². The van der Waals surface area contributed by atoms with Crippen LogP contribution in [0.2, 0.25) is 0 Å². The van der Waals surface area contributed by atoms with Crippen molar-refractivity contribution < 1.29 is 4.79 Å². The molecule has 1 amide bonds. The van der Waals surface area contributed by atoms with Gasteiger partial charge in [0.2, 0.25) is 5.91 Å². The highest BCUT2D eigenvalue weighted by molar-refractivity contribution is 5.78. The molecule has 2 aromatic heterocycles. The maximum Gasteiger partial charge on any atom is 0.227 e. The van der Waals surface area contributed by atoms with Crippen molar-refractivity contribution in [3.05, 3.63) is 36.7 Å². The van der Waals surface area contributed by atoms with Gasteiger partial charge in [0.25, 0.3) is 0 Å². The highest BCUT2D eigenvalue weighted by Crippen LogP contribution is 2.15. The molecule has 2 aromatic rings. The van der Waals surface area contributed by atoms with Crippen LogP contribution in [0.15, 0.2) is 31.0 Å². The molecule has 1 unspecified atom stereocenters. The van der Waals surface area contributed by atoms with E-state index in [9.17, 15) is 4.79 Å². The molecule has 1 aliphatic rings. The minimum atomic E-state index is -0.0608. The fraction of sp³-hybridized carbons (Fsp3) is 0.462. The Morgan fingerprint density at radius 1 is 1.47 bits per heavy atom. The van der Waals surface area contributed by atoms with Crippen molar-refractivity contribution >= 4 is 5.91 Å². The summed E-state index contributed by atoms with van der Waals surface area (Å²) < 4.78 is 3.90. The number of carbonyl (C=O) groups is 1. The lowest BCUT2D eigenvalue weighted by Gasteiger charge is -2.30. The standard InChI is InChI=1S/C13H17N5O/c1-11(8-18-4-2-3-15-18)13(19)16-5-6-17-10-14-7-12(17)9-16/h2-4,7,10-11H,5-6,8-9H2,1H3. The SMILES string of the molecule is CC(Cn1cccn1)C(=O)N1CCn2cncc2C1. The second-order valence-electron chi connectivity index (χ2n) is 4.97. The van der Waals surface area contributed by atoms with Crippen LogP contribution in [0.3, 0.4) is 0 Å². The van der Waals surface area contributed by atoms with Crippen LogP contribution < -0.4 is 0 Å². The molecule has 0 aromatic carbocycles. The number of imidazole rings is 1. The number of hydrogen-bond donors (Lipinski definition) is 0. The second kappa shape index (κ2) is 4.87. The topological polar surface area (TPSA) is 56.0 Å². The molecule has 0 aliphatic carbocycles. The number of aromatic nitrogens is 4. The average molecular weight is 259 g/mol. The lowest BCUT2D eigenvalue weighted by atomic mass is 10.1. The Hall–Kier alpha value is -2.11. The van der Waals surface area contributed by atoms with E-state index in [2.05, 4.69) is 14.6 Å². The fourth-order valence-electron chi connectivity index (χ4n) is 2.45. The summed E-state index contributed by atoms with van der Waals surface area (Å²) in [5.41, 5.74) is 1.10. The Morgan fingerprint density at radius 2 is 2.37 bits per heavy atom. The predicted octanol–water partition coefficient (Wildman–Crippen LogP) is 0.758. The van der Waals surface area contributed by atoms with Gasteiger partial charge in [0.1, 0.15) is 0 Å². The van der Waals surface area contributed by atoms with Crippen molar-refractivity contribution in [3.8, 4) is 0 Å². The molecule has 0 saturated carbocycles.